The number of carbonyl (C=O) groups is 2. The molecule has 5 heteroatoms. The molecule has 0 saturated heterocycles. The summed E-state index contributed by atoms with van der Waals surface area (Å²) in [5.74, 6) is -0.344. The lowest BCUT2D eigenvalue weighted by atomic mass is 10.1. The van der Waals surface area contributed by atoms with Crippen molar-refractivity contribution in [3.8, 4) is 0 Å². The third kappa shape index (κ3) is 4.19. The molecule has 126 valence electrons. The van der Waals surface area contributed by atoms with Crippen molar-refractivity contribution in [3.63, 3.8) is 0 Å². The van der Waals surface area contributed by atoms with Crippen LogP contribution in [0.2, 0.25) is 0 Å². The van der Waals surface area contributed by atoms with E-state index in [9.17, 15) is 9.59 Å². The molecular weight excluding hydrogens is 332 g/mol. The lowest BCUT2D eigenvalue weighted by Crippen LogP contribution is -2.39. The van der Waals surface area contributed by atoms with E-state index in [1.54, 1.807) is 0 Å². The monoisotopic (exact) mass is 350 g/mol. The largest absolute Gasteiger partial charge is 0.341 e. The molecule has 0 aliphatic rings. The second kappa shape index (κ2) is 7.85. The third-order valence-corrected chi connectivity index (χ3v) is 5.03. The highest BCUT2D eigenvalue weighted by molar-refractivity contribution is 8.00. The first-order chi connectivity index (χ1) is 12.2. The van der Waals surface area contributed by atoms with Gasteiger partial charge in [0.25, 0.3) is 0 Å². The van der Waals surface area contributed by atoms with Gasteiger partial charge in [-0.1, -0.05) is 60.7 Å². The van der Waals surface area contributed by atoms with Gasteiger partial charge in [-0.15, -0.1) is 11.8 Å². The first-order valence-electron chi connectivity index (χ1n) is 7.90. The van der Waals surface area contributed by atoms with Crippen molar-refractivity contribution >= 4 is 34.5 Å². The molecule has 3 rings (SSSR count). The summed E-state index contributed by atoms with van der Waals surface area (Å²) in [4.78, 5) is 25.1. The first kappa shape index (κ1) is 17.0. The Kier molecular flexibility index (Phi) is 5.36. The lowest BCUT2D eigenvalue weighted by molar-refractivity contribution is -0.119. The lowest BCUT2D eigenvalue weighted by Gasteiger charge is -2.16. The number of imide groups is 1. The summed E-state index contributed by atoms with van der Waals surface area (Å²) in [6.45, 7) is 0. The molecule has 0 saturated carbocycles. The van der Waals surface area contributed by atoms with Crippen LogP contribution in [0.25, 0.3) is 10.8 Å². The minimum atomic E-state index is -0.514. The van der Waals surface area contributed by atoms with Crippen LogP contribution in [-0.4, -0.2) is 19.0 Å². The number of nitrogens with one attached hydrogen (secondary N) is 2. The summed E-state index contributed by atoms with van der Waals surface area (Å²) in [6.07, 6.45) is 0. The fourth-order valence-corrected chi connectivity index (χ4v) is 3.59. The Labute approximate surface area is 150 Å². The normalized spacial score (nSPS) is 11.7. The van der Waals surface area contributed by atoms with Crippen molar-refractivity contribution in [2.75, 3.05) is 7.05 Å². The smallest absolute Gasteiger partial charge is 0.321 e. The highest BCUT2D eigenvalue weighted by Crippen LogP contribution is 2.36. The number of hydrogen-bond acceptors (Lipinski definition) is 3. The number of fused-ring (bicyclic) bond motifs is 1. The molecule has 0 aliphatic heterocycles. The number of rotatable bonds is 4. The second-order valence-electron chi connectivity index (χ2n) is 5.49. The van der Waals surface area contributed by atoms with Crippen LogP contribution in [0.3, 0.4) is 0 Å². The molecule has 0 unspecified atom stereocenters. The van der Waals surface area contributed by atoms with E-state index in [0.29, 0.717) is 0 Å². The van der Waals surface area contributed by atoms with Gasteiger partial charge in [0.05, 0.1) is 0 Å². The summed E-state index contributed by atoms with van der Waals surface area (Å²) < 4.78 is 0. The third-order valence-electron chi connectivity index (χ3n) is 3.78. The van der Waals surface area contributed by atoms with Crippen LogP contribution in [0.4, 0.5) is 4.79 Å². The van der Waals surface area contributed by atoms with Crippen molar-refractivity contribution < 1.29 is 9.59 Å². The van der Waals surface area contributed by atoms with Crippen molar-refractivity contribution in [1.29, 1.82) is 0 Å². The number of thioether (sulfide) groups is 1. The van der Waals surface area contributed by atoms with Crippen LogP contribution in [0, 0.1) is 0 Å². The van der Waals surface area contributed by atoms with Gasteiger partial charge in [-0.05, 0) is 28.5 Å². The van der Waals surface area contributed by atoms with Gasteiger partial charge >= 0.3 is 6.03 Å². The molecule has 2 N–H and O–H groups in total. The van der Waals surface area contributed by atoms with Crippen LogP contribution >= 0.6 is 11.8 Å². The van der Waals surface area contributed by atoms with Crippen molar-refractivity contribution in [2.45, 2.75) is 10.1 Å². The Hall–Kier alpha value is -2.79. The Morgan fingerprint density at radius 2 is 1.56 bits per heavy atom. The SMILES string of the molecule is CNC(=O)NC(=O)[C@@H](Sc1ccc2ccccc2c1)c1ccccc1. The van der Waals surface area contributed by atoms with Gasteiger partial charge in [-0.25, -0.2) is 4.79 Å². The van der Waals surface area contributed by atoms with Gasteiger partial charge in [0, 0.05) is 11.9 Å². The molecule has 25 heavy (non-hydrogen) atoms. The Balaban J connectivity index is 1.90. The van der Waals surface area contributed by atoms with Gasteiger partial charge in [-0.3, -0.25) is 10.1 Å². The number of carbonyl (C=O) groups excluding carboxylic acids is 2. The molecule has 3 aromatic carbocycles. The van der Waals surface area contributed by atoms with Gasteiger partial charge in [0.15, 0.2) is 0 Å². The average molecular weight is 350 g/mol. The molecule has 3 amide bonds. The molecule has 0 aromatic heterocycles. The minimum absolute atomic E-state index is 0.344. The van der Waals surface area contributed by atoms with Crippen LogP contribution in [0.15, 0.2) is 77.7 Å². The fraction of sp³-hybridized carbons (Fsp3) is 0.100. The molecule has 0 radical (unpaired) electrons. The van der Waals surface area contributed by atoms with E-state index in [1.165, 1.54) is 18.8 Å². The number of benzene rings is 3. The Morgan fingerprint density at radius 3 is 2.28 bits per heavy atom. The van der Waals surface area contributed by atoms with Crippen molar-refractivity contribution in [2.24, 2.45) is 0 Å². The zero-order valence-electron chi connectivity index (χ0n) is 13.7. The fourth-order valence-electron chi connectivity index (χ4n) is 2.52. The number of urea groups is 1. The standard InChI is InChI=1S/C20H18N2O2S/c1-21-20(24)22-19(23)18(15-8-3-2-4-9-15)25-17-12-11-14-7-5-6-10-16(14)13-17/h2-13,18H,1H3,(H2,21,22,23,24)/t18-/m0/s1. The van der Waals surface area contributed by atoms with Crippen molar-refractivity contribution in [1.82, 2.24) is 10.6 Å². The van der Waals surface area contributed by atoms with E-state index in [-0.39, 0.29) is 5.91 Å². The maximum Gasteiger partial charge on any atom is 0.321 e. The van der Waals surface area contributed by atoms with Crippen LogP contribution in [0.5, 0.6) is 0 Å². The number of hydrogen-bond donors (Lipinski definition) is 2. The van der Waals surface area contributed by atoms with Gasteiger partial charge < -0.3 is 5.32 Å². The maximum atomic E-state index is 12.6. The summed E-state index contributed by atoms with van der Waals surface area (Å²) in [7, 11) is 1.48. The van der Waals surface area contributed by atoms with Crippen LogP contribution < -0.4 is 10.6 Å². The van der Waals surface area contributed by atoms with Crippen molar-refractivity contribution in [3.05, 3.63) is 78.4 Å². The summed E-state index contributed by atoms with van der Waals surface area (Å²) >= 11 is 1.43. The maximum absolute atomic E-state index is 12.6. The van der Waals surface area contributed by atoms with E-state index >= 15 is 0 Å². The molecular formula is C20H18N2O2S. The second-order valence-corrected chi connectivity index (χ2v) is 6.66. The predicted molar refractivity (Wildman–Crippen MR) is 102 cm³/mol. The Morgan fingerprint density at radius 1 is 0.880 bits per heavy atom. The molecule has 3 aromatic rings. The van der Waals surface area contributed by atoms with E-state index in [0.717, 1.165) is 21.2 Å². The quantitative estimate of drug-likeness (QED) is 0.696. The first-order valence-corrected chi connectivity index (χ1v) is 8.78. The predicted octanol–water partition coefficient (Wildman–Crippen LogP) is 4.13. The van der Waals surface area contributed by atoms with E-state index in [4.69, 9.17) is 0 Å². The molecule has 0 fully saturated rings. The summed E-state index contributed by atoms with van der Waals surface area (Å²) in [5, 5.41) is 6.54. The van der Waals surface area contributed by atoms with E-state index in [1.807, 2.05) is 60.7 Å². The minimum Gasteiger partial charge on any atom is -0.341 e. The van der Waals surface area contributed by atoms with Gasteiger partial charge in [-0.2, -0.15) is 0 Å². The van der Waals surface area contributed by atoms with E-state index < -0.39 is 11.3 Å². The number of amides is 3. The zero-order valence-corrected chi connectivity index (χ0v) is 14.5. The highest BCUT2D eigenvalue weighted by atomic mass is 32.2. The summed E-state index contributed by atoms with van der Waals surface area (Å²) in [6, 6.07) is 23.1. The summed E-state index contributed by atoms with van der Waals surface area (Å²) in [5.41, 5.74) is 0.849. The highest BCUT2D eigenvalue weighted by Gasteiger charge is 2.23. The van der Waals surface area contributed by atoms with Crippen LogP contribution in [0.1, 0.15) is 10.8 Å². The van der Waals surface area contributed by atoms with Gasteiger partial charge in [0.2, 0.25) is 5.91 Å². The molecule has 0 aliphatic carbocycles. The van der Waals surface area contributed by atoms with Crippen LogP contribution in [-0.2, 0) is 4.79 Å². The molecule has 1 atom stereocenters. The molecule has 0 heterocycles. The molecule has 4 nitrogen and oxygen atoms in total. The van der Waals surface area contributed by atoms with E-state index in [2.05, 4.69) is 22.8 Å². The zero-order chi connectivity index (χ0) is 17.6. The Bertz CT molecular complexity index is 896. The molecule has 0 spiro atoms. The van der Waals surface area contributed by atoms with Gasteiger partial charge in [0.1, 0.15) is 5.25 Å². The average Bonchev–Trinajstić information content (AvgIpc) is 2.66. The topological polar surface area (TPSA) is 58.2 Å². The molecule has 0 bridgehead atoms.